The van der Waals surface area contributed by atoms with Crippen LogP contribution in [0.4, 0.5) is 0 Å². The molecule has 2 heterocycles. The van der Waals surface area contributed by atoms with Gasteiger partial charge in [0.25, 0.3) is 0 Å². The van der Waals surface area contributed by atoms with Gasteiger partial charge in [-0.2, -0.15) is 4.98 Å². The largest absolute Gasteiger partial charge is 0.494 e. The van der Waals surface area contributed by atoms with Crippen LogP contribution in [0.3, 0.4) is 0 Å². The van der Waals surface area contributed by atoms with Crippen molar-refractivity contribution in [2.75, 3.05) is 7.11 Å². The molecule has 2 aromatic heterocycles. The molecule has 0 saturated heterocycles. The van der Waals surface area contributed by atoms with Crippen molar-refractivity contribution in [3.8, 4) is 17.3 Å². The Hall–Kier alpha value is -2.76. The molecule has 0 aliphatic carbocycles. The molecule has 2 rings (SSSR count). The zero-order chi connectivity index (χ0) is 14.5. The Bertz CT molecular complexity index is 630. The second-order valence-electron chi connectivity index (χ2n) is 3.95. The van der Waals surface area contributed by atoms with Crippen LogP contribution in [0, 0.1) is 6.92 Å². The van der Waals surface area contributed by atoms with Gasteiger partial charge in [0, 0.05) is 18.0 Å². The molecule has 2 aromatic rings. The van der Waals surface area contributed by atoms with Crippen LogP contribution in [0.2, 0.25) is 0 Å². The number of aromatic hydroxyl groups is 1. The topological polar surface area (TPSA) is 80.5 Å². The summed E-state index contributed by atoms with van der Waals surface area (Å²) in [7, 11) is 1.48. The van der Waals surface area contributed by atoms with Crippen LogP contribution in [-0.4, -0.2) is 33.9 Å². The first-order chi connectivity index (χ1) is 9.67. The van der Waals surface area contributed by atoms with E-state index in [1.54, 1.807) is 31.5 Å². The molecule has 0 aliphatic heterocycles. The second kappa shape index (κ2) is 5.92. The van der Waals surface area contributed by atoms with Gasteiger partial charge in [-0.3, -0.25) is 9.98 Å². The monoisotopic (exact) mass is 270 g/mol. The predicted octanol–water partition coefficient (Wildman–Crippen LogP) is 2.20. The summed E-state index contributed by atoms with van der Waals surface area (Å²) >= 11 is 0. The van der Waals surface area contributed by atoms with Gasteiger partial charge in [-0.25, -0.2) is 4.98 Å². The third-order valence-corrected chi connectivity index (χ3v) is 2.68. The number of methoxy groups -OCH3 is 1. The number of pyridine rings is 1. The molecular formula is C14H14N4O2. The molecule has 0 spiro atoms. The Kier molecular flexibility index (Phi) is 4.05. The Balaban J connectivity index is 2.55. The minimum Gasteiger partial charge on any atom is -0.494 e. The normalized spacial score (nSPS) is 11.2. The highest BCUT2D eigenvalue weighted by Gasteiger charge is 2.16. The highest BCUT2D eigenvalue weighted by Crippen LogP contribution is 2.28. The van der Waals surface area contributed by atoms with E-state index in [0.29, 0.717) is 22.8 Å². The van der Waals surface area contributed by atoms with Gasteiger partial charge < -0.3 is 9.84 Å². The molecule has 0 bridgehead atoms. The summed E-state index contributed by atoms with van der Waals surface area (Å²) in [6, 6.07) is 3.54. The van der Waals surface area contributed by atoms with E-state index in [2.05, 4.69) is 26.7 Å². The molecule has 0 aromatic carbocycles. The second-order valence-corrected chi connectivity index (χ2v) is 3.95. The number of aryl methyl sites for hydroxylation is 1. The van der Waals surface area contributed by atoms with Crippen molar-refractivity contribution in [1.82, 2.24) is 15.0 Å². The molecule has 0 amide bonds. The molecule has 20 heavy (non-hydrogen) atoms. The van der Waals surface area contributed by atoms with Crippen molar-refractivity contribution in [2.24, 2.45) is 4.99 Å². The van der Waals surface area contributed by atoms with E-state index in [4.69, 9.17) is 4.74 Å². The molecule has 0 radical (unpaired) electrons. The third-order valence-electron chi connectivity index (χ3n) is 2.68. The molecule has 6 nitrogen and oxygen atoms in total. The van der Waals surface area contributed by atoms with Gasteiger partial charge >= 0.3 is 0 Å². The van der Waals surface area contributed by atoms with Gasteiger partial charge in [0.05, 0.1) is 19.0 Å². The molecule has 102 valence electrons. The maximum Gasteiger partial charge on any atom is 0.226 e. The van der Waals surface area contributed by atoms with Gasteiger partial charge in [0.2, 0.25) is 5.88 Å². The highest BCUT2D eigenvalue weighted by atomic mass is 16.5. The quantitative estimate of drug-likeness (QED) is 0.680. The van der Waals surface area contributed by atoms with E-state index in [1.807, 2.05) is 0 Å². The fourth-order valence-electron chi connectivity index (χ4n) is 1.78. The van der Waals surface area contributed by atoms with E-state index < -0.39 is 0 Å². The van der Waals surface area contributed by atoms with Crippen molar-refractivity contribution < 1.29 is 9.84 Å². The summed E-state index contributed by atoms with van der Waals surface area (Å²) in [6.07, 6.45) is 4.68. The van der Waals surface area contributed by atoms with Crippen molar-refractivity contribution in [3.63, 3.8) is 0 Å². The zero-order valence-electron chi connectivity index (χ0n) is 11.2. The molecule has 0 saturated carbocycles. The summed E-state index contributed by atoms with van der Waals surface area (Å²) in [5.74, 6) is 0.616. The smallest absolute Gasteiger partial charge is 0.226 e. The lowest BCUT2D eigenvalue weighted by Gasteiger charge is -2.11. The molecular weight excluding hydrogens is 256 g/mol. The van der Waals surface area contributed by atoms with Crippen LogP contribution in [-0.2, 0) is 4.74 Å². The molecule has 0 fully saturated rings. The summed E-state index contributed by atoms with van der Waals surface area (Å²) in [5.41, 5.74) is 1.76. The first-order valence-corrected chi connectivity index (χ1v) is 5.85. The van der Waals surface area contributed by atoms with Crippen LogP contribution < -0.4 is 0 Å². The van der Waals surface area contributed by atoms with Crippen molar-refractivity contribution >= 4 is 12.5 Å². The number of rotatable bonds is 4. The van der Waals surface area contributed by atoms with Crippen LogP contribution in [0.25, 0.3) is 17.1 Å². The van der Waals surface area contributed by atoms with Crippen LogP contribution in [0.1, 0.15) is 11.3 Å². The lowest BCUT2D eigenvalue weighted by Crippen LogP contribution is -2.00. The standard InChI is InChI=1S/C14H14N4O2/c1-9-12(11(20-3)8-15-2)14(19)18-13(17-9)10-4-6-16-7-5-10/h4-8H,2H2,1,3H3,(H,17,18,19)/b11-8+. The Morgan fingerprint density at radius 2 is 2.05 bits per heavy atom. The van der Waals surface area contributed by atoms with Crippen LogP contribution >= 0.6 is 0 Å². The molecule has 0 aliphatic rings. The third kappa shape index (κ3) is 2.64. The number of hydrogen-bond acceptors (Lipinski definition) is 6. The summed E-state index contributed by atoms with van der Waals surface area (Å²) in [6.45, 7) is 5.12. The Morgan fingerprint density at radius 1 is 1.35 bits per heavy atom. The van der Waals surface area contributed by atoms with Crippen LogP contribution in [0.5, 0.6) is 5.88 Å². The van der Waals surface area contributed by atoms with Crippen molar-refractivity contribution in [2.45, 2.75) is 6.92 Å². The molecule has 0 atom stereocenters. The van der Waals surface area contributed by atoms with E-state index in [9.17, 15) is 5.11 Å². The first kappa shape index (κ1) is 13.7. The minimum atomic E-state index is -0.166. The van der Waals surface area contributed by atoms with E-state index in [-0.39, 0.29) is 5.88 Å². The van der Waals surface area contributed by atoms with Gasteiger partial charge in [0.1, 0.15) is 5.56 Å². The number of aliphatic imine (C=N–C) groups is 1. The van der Waals surface area contributed by atoms with E-state index in [0.717, 1.165) is 5.56 Å². The predicted molar refractivity (Wildman–Crippen MR) is 76.2 cm³/mol. The molecule has 0 unspecified atom stereocenters. The maximum absolute atomic E-state index is 10.1. The SMILES string of the molecule is C=N/C=C(/OC)c1c(C)nc(-c2ccncc2)nc1O. The average molecular weight is 270 g/mol. The Labute approximate surface area is 116 Å². The lowest BCUT2D eigenvalue weighted by atomic mass is 10.1. The van der Waals surface area contributed by atoms with Crippen LogP contribution in [0.15, 0.2) is 35.7 Å². The summed E-state index contributed by atoms with van der Waals surface area (Å²) in [5, 5.41) is 10.1. The number of ether oxygens (including phenoxy) is 1. The fourth-order valence-corrected chi connectivity index (χ4v) is 1.78. The summed E-state index contributed by atoms with van der Waals surface area (Å²) in [4.78, 5) is 16.0. The minimum absolute atomic E-state index is 0.166. The molecule has 1 N–H and O–H groups in total. The Morgan fingerprint density at radius 3 is 2.60 bits per heavy atom. The lowest BCUT2D eigenvalue weighted by molar-refractivity contribution is 0.362. The number of nitrogens with zero attached hydrogens (tertiary/aromatic N) is 4. The molecule has 6 heteroatoms. The van der Waals surface area contributed by atoms with Gasteiger partial charge in [-0.05, 0) is 25.8 Å². The first-order valence-electron chi connectivity index (χ1n) is 5.85. The van der Waals surface area contributed by atoms with E-state index >= 15 is 0 Å². The summed E-state index contributed by atoms with van der Waals surface area (Å²) < 4.78 is 5.16. The van der Waals surface area contributed by atoms with E-state index in [1.165, 1.54) is 13.3 Å². The number of aromatic nitrogens is 3. The van der Waals surface area contributed by atoms with Gasteiger partial charge in [-0.15, -0.1) is 0 Å². The highest BCUT2D eigenvalue weighted by molar-refractivity contribution is 5.68. The van der Waals surface area contributed by atoms with Gasteiger partial charge in [-0.1, -0.05) is 0 Å². The maximum atomic E-state index is 10.1. The number of hydrogen-bond donors (Lipinski definition) is 1. The van der Waals surface area contributed by atoms with Crippen molar-refractivity contribution in [1.29, 1.82) is 0 Å². The average Bonchev–Trinajstić information content (AvgIpc) is 2.46. The van der Waals surface area contributed by atoms with Crippen molar-refractivity contribution in [3.05, 3.63) is 42.0 Å². The fraction of sp³-hybridized carbons (Fsp3) is 0.143. The zero-order valence-corrected chi connectivity index (χ0v) is 11.2. The van der Waals surface area contributed by atoms with Gasteiger partial charge in [0.15, 0.2) is 11.6 Å².